The number of rotatable bonds is 6. The zero-order valence-electron chi connectivity index (χ0n) is 14.9. The fourth-order valence-electron chi connectivity index (χ4n) is 2.40. The van der Waals surface area contributed by atoms with Crippen LogP contribution >= 0.6 is 0 Å². The van der Waals surface area contributed by atoms with Crippen LogP contribution in [0.25, 0.3) is 10.9 Å². The fraction of sp³-hybridized carbons (Fsp3) is 0.190. The normalized spacial score (nSPS) is 11.4. The van der Waals surface area contributed by atoms with Gasteiger partial charge in [0.05, 0.1) is 0 Å². The van der Waals surface area contributed by atoms with Crippen LogP contribution in [-0.2, 0) is 6.61 Å². The van der Waals surface area contributed by atoms with Crippen molar-refractivity contribution in [2.75, 3.05) is 0 Å². The molecular formula is C21H21N3O2. The first-order chi connectivity index (χ1) is 12.7. The summed E-state index contributed by atoms with van der Waals surface area (Å²) in [6.45, 7) is 4.28. The number of hydrogen-bond donors (Lipinski definition) is 1. The van der Waals surface area contributed by atoms with Crippen LogP contribution in [0.2, 0.25) is 0 Å². The van der Waals surface area contributed by atoms with Gasteiger partial charge in [0, 0.05) is 22.9 Å². The Kier molecular flexibility index (Phi) is 5.59. The van der Waals surface area contributed by atoms with E-state index in [0.717, 1.165) is 34.3 Å². The molecule has 0 aliphatic heterocycles. The quantitative estimate of drug-likeness (QED) is 0.533. The number of ether oxygens (including phenoxy) is 1. The van der Waals surface area contributed by atoms with Gasteiger partial charge in [0.2, 0.25) is 0 Å². The van der Waals surface area contributed by atoms with Gasteiger partial charge in [0.1, 0.15) is 17.9 Å². The number of nitrogens with zero attached hydrogens (tertiary/aromatic N) is 2. The standard InChI is InChI=1S/C21H21N3O2/c1-3-15(2)23-24-21(25)18-11-9-16(10-12-18)14-26-19-8-4-6-17-7-5-13-22-20(17)19/h4-13H,3,14H2,1-2H3,(H,24,25)/b23-15-. The Hall–Kier alpha value is -3.21. The number of carbonyl (C=O) groups is 1. The fourth-order valence-corrected chi connectivity index (χ4v) is 2.40. The molecule has 1 heterocycles. The zero-order valence-corrected chi connectivity index (χ0v) is 14.9. The van der Waals surface area contributed by atoms with E-state index in [0.29, 0.717) is 12.2 Å². The summed E-state index contributed by atoms with van der Waals surface area (Å²) in [7, 11) is 0. The van der Waals surface area contributed by atoms with Crippen LogP contribution in [0, 0.1) is 0 Å². The van der Waals surface area contributed by atoms with Crippen molar-refractivity contribution in [3.05, 3.63) is 71.9 Å². The van der Waals surface area contributed by atoms with E-state index < -0.39 is 0 Å². The average molecular weight is 347 g/mol. The second-order valence-corrected chi connectivity index (χ2v) is 5.96. The van der Waals surface area contributed by atoms with Crippen molar-refractivity contribution in [3.63, 3.8) is 0 Å². The zero-order chi connectivity index (χ0) is 18.4. The van der Waals surface area contributed by atoms with Crippen LogP contribution in [0.4, 0.5) is 0 Å². The van der Waals surface area contributed by atoms with Crippen molar-refractivity contribution in [2.45, 2.75) is 26.9 Å². The van der Waals surface area contributed by atoms with Gasteiger partial charge in [-0.15, -0.1) is 0 Å². The molecule has 0 aliphatic rings. The number of hydrazone groups is 1. The lowest BCUT2D eigenvalue weighted by atomic mass is 10.1. The van der Waals surface area contributed by atoms with Crippen molar-refractivity contribution >= 4 is 22.5 Å². The third-order valence-electron chi connectivity index (χ3n) is 4.07. The van der Waals surface area contributed by atoms with Gasteiger partial charge in [-0.2, -0.15) is 5.10 Å². The van der Waals surface area contributed by atoms with Gasteiger partial charge >= 0.3 is 0 Å². The Labute approximate surface area is 152 Å². The summed E-state index contributed by atoms with van der Waals surface area (Å²) < 4.78 is 5.91. The van der Waals surface area contributed by atoms with Gasteiger partial charge in [-0.3, -0.25) is 9.78 Å². The molecule has 2 aromatic carbocycles. The van der Waals surface area contributed by atoms with E-state index in [1.54, 1.807) is 18.3 Å². The Morgan fingerprint density at radius 3 is 2.65 bits per heavy atom. The van der Waals surface area contributed by atoms with Crippen LogP contribution in [-0.4, -0.2) is 16.6 Å². The second-order valence-electron chi connectivity index (χ2n) is 5.96. The molecule has 0 atom stereocenters. The lowest BCUT2D eigenvalue weighted by Crippen LogP contribution is -2.18. The van der Waals surface area contributed by atoms with Gasteiger partial charge in [-0.1, -0.05) is 37.3 Å². The summed E-state index contributed by atoms with van der Waals surface area (Å²) >= 11 is 0. The third-order valence-corrected chi connectivity index (χ3v) is 4.07. The lowest BCUT2D eigenvalue weighted by Gasteiger charge is -2.09. The molecule has 1 aromatic heterocycles. The molecule has 26 heavy (non-hydrogen) atoms. The molecular weight excluding hydrogens is 326 g/mol. The van der Waals surface area contributed by atoms with E-state index in [1.807, 2.05) is 56.3 Å². The molecule has 3 rings (SSSR count). The van der Waals surface area contributed by atoms with Crippen molar-refractivity contribution in [1.82, 2.24) is 10.4 Å². The molecule has 0 saturated carbocycles. The number of aromatic nitrogens is 1. The number of amides is 1. The Balaban J connectivity index is 1.65. The van der Waals surface area contributed by atoms with Crippen LogP contribution in [0.3, 0.4) is 0 Å². The number of pyridine rings is 1. The summed E-state index contributed by atoms with van der Waals surface area (Å²) in [6, 6.07) is 17.1. The Bertz CT molecular complexity index is 928. The highest BCUT2D eigenvalue weighted by atomic mass is 16.5. The highest BCUT2D eigenvalue weighted by Crippen LogP contribution is 2.23. The first-order valence-electron chi connectivity index (χ1n) is 8.56. The summed E-state index contributed by atoms with van der Waals surface area (Å²) in [5, 5.41) is 5.07. The second kappa shape index (κ2) is 8.25. The van der Waals surface area contributed by atoms with Gasteiger partial charge in [-0.25, -0.2) is 5.43 Å². The summed E-state index contributed by atoms with van der Waals surface area (Å²) in [4.78, 5) is 16.4. The highest BCUT2D eigenvalue weighted by molar-refractivity contribution is 5.95. The molecule has 1 amide bonds. The van der Waals surface area contributed by atoms with E-state index >= 15 is 0 Å². The summed E-state index contributed by atoms with van der Waals surface area (Å²) in [5.74, 6) is 0.526. The molecule has 132 valence electrons. The number of para-hydroxylation sites is 1. The minimum atomic E-state index is -0.219. The molecule has 0 aliphatic carbocycles. The molecule has 0 radical (unpaired) electrons. The number of benzene rings is 2. The highest BCUT2D eigenvalue weighted by Gasteiger charge is 2.06. The monoisotopic (exact) mass is 347 g/mol. The van der Waals surface area contributed by atoms with E-state index in [9.17, 15) is 4.79 Å². The number of hydrogen-bond acceptors (Lipinski definition) is 4. The third kappa shape index (κ3) is 4.25. The van der Waals surface area contributed by atoms with Gasteiger partial charge in [0.25, 0.3) is 5.91 Å². The molecule has 3 aromatic rings. The van der Waals surface area contributed by atoms with Gasteiger partial charge < -0.3 is 4.74 Å². The van der Waals surface area contributed by atoms with Crippen molar-refractivity contribution in [2.24, 2.45) is 5.10 Å². The van der Waals surface area contributed by atoms with Crippen molar-refractivity contribution in [3.8, 4) is 5.75 Å². The first kappa shape index (κ1) is 17.6. The largest absolute Gasteiger partial charge is 0.487 e. The van der Waals surface area contributed by atoms with Crippen LogP contribution in [0.15, 0.2) is 65.9 Å². The predicted molar refractivity (Wildman–Crippen MR) is 103 cm³/mol. The van der Waals surface area contributed by atoms with Crippen LogP contribution in [0.1, 0.15) is 36.2 Å². The number of fused-ring (bicyclic) bond motifs is 1. The van der Waals surface area contributed by atoms with Crippen LogP contribution in [0.5, 0.6) is 5.75 Å². The summed E-state index contributed by atoms with van der Waals surface area (Å²) in [5.41, 5.74) is 5.82. The lowest BCUT2D eigenvalue weighted by molar-refractivity contribution is 0.0954. The molecule has 1 N–H and O–H groups in total. The van der Waals surface area contributed by atoms with E-state index in [2.05, 4.69) is 15.5 Å². The maximum atomic E-state index is 12.0. The summed E-state index contributed by atoms with van der Waals surface area (Å²) in [6.07, 6.45) is 2.56. The Morgan fingerprint density at radius 1 is 1.12 bits per heavy atom. The van der Waals surface area contributed by atoms with Crippen molar-refractivity contribution in [1.29, 1.82) is 0 Å². The molecule has 0 fully saturated rings. The first-order valence-corrected chi connectivity index (χ1v) is 8.56. The molecule has 0 saturated heterocycles. The topological polar surface area (TPSA) is 63.6 Å². The Morgan fingerprint density at radius 2 is 1.88 bits per heavy atom. The number of nitrogens with one attached hydrogen (secondary N) is 1. The molecule has 5 nitrogen and oxygen atoms in total. The molecule has 5 heteroatoms. The van der Waals surface area contributed by atoms with E-state index in [1.165, 1.54) is 0 Å². The van der Waals surface area contributed by atoms with Gasteiger partial charge in [0.15, 0.2) is 0 Å². The SMILES string of the molecule is CC/C(C)=N\NC(=O)c1ccc(COc2cccc3cccnc23)cc1. The molecule has 0 bridgehead atoms. The predicted octanol–water partition coefficient (Wildman–Crippen LogP) is 4.33. The smallest absolute Gasteiger partial charge is 0.271 e. The van der Waals surface area contributed by atoms with Crippen molar-refractivity contribution < 1.29 is 9.53 Å². The average Bonchev–Trinajstić information content (AvgIpc) is 2.70. The maximum Gasteiger partial charge on any atom is 0.271 e. The maximum absolute atomic E-state index is 12.0. The van der Waals surface area contributed by atoms with E-state index in [4.69, 9.17) is 4.74 Å². The molecule has 0 spiro atoms. The van der Waals surface area contributed by atoms with Gasteiger partial charge in [-0.05, 0) is 43.2 Å². The van der Waals surface area contributed by atoms with E-state index in [-0.39, 0.29) is 5.91 Å². The van der Waals surface area contributed by atoms with Crippen LogP contribution < -0.4 is 10.2 Å². The number of carbonyl (C=O) groups excluding carboxylic acids is 1. The minimum absolute atomic E-state index is 0.219. The minimum Gasteiger partial charge on any atom is -0.487 e. The molecule has 0 unspecified atom stereocenters.